The Bertz CT molecular complexity index is 248. The van der Waals surface area contributed by atoms with Crippen molar-refractivity contribution in [3.8, 4) is 0 Å². The SMILES string of the molecule is C=C.C=C1/C(=C\C)C(C)(C)C(C)N1C.CC. The van der Waals surface area contributed by atoms with E-state index in [9.17, 15) is 0 Å². The molecule has 16 heavy (non-hydrogen) atoms. The van der Waals surface area contributed by atoms with E-state index in [1.54, 1.807) is 0 Å². The van der Waals surface area contributed by atoms with Gasteiger partial charge in [0.05, 0.1) is 0 Å². The summed E-state index contributed by atoms with van der Waals surface area (Å²) in [4.78, 5) is 2.26. The normalized spacial score (nSPS) is 24.4. The van der Waals surface area contributed by atoms with Crippen LogP contribution < -0.4 is 0 Å². The smallest absolute Gasteiger partial charge is 0.0350 e. The predicted octanol–water partition coefficient (Wildman–Crippen LogP) is 4.63. The Labute approximate surface area is 103 Å². The number of allylic oxidation sites excluding steroid dienone is 2. The molecule has 1 rings (SSSR count). The maximum Gasteiger partial charge on any atom is 0.0350 e. The summed E-state index contributed by atoms with van der Waals surface area (Å²) in [5, 5.41) is 0. The molecule has 0 aromatic rings. The topological polar surface area (TPSA) is 3.24 Å². The molecule has 0 N–H and O–H groups in total. The Balaban J connectivity index is 0. The number of likely N-dealkylation sites (N-methyl/N-ethyl adjacent to an activating group) is 1. The second kappa shape index (κ2) is 7.32. The van der Waals surface area contributed by atoms with Gasteiger partial charge in [0, 0.05) is 24.2 Å². The number of hydrogen-bond donors (Lipinski definition) is 0. The van der Waals surface area contributed by atoms with Crippen LogP contribution >= 0.6 is 0 Å². The fourth-order valence-electron chi connectivity index (χ4n) is 2.04. The van der Waals surface area contributed by atoms with E-state index in [2.05, 4.69) is 65.5 Å². The molecule has 1 aliphatic rings. The number of hydrogen-bond acceptors (Lipinski definition) is 1. The summed E-state index contributed by atoms with van der Waals surface area (Å²) < 4.78 is 0. The fraction of sp³-hybridized carbons (Fsp3) is 0.600. The van der Waals surface area contributed by atoms with Gasteiger partial charge in [-0.3, -0.25) is 0 Å². The molecule has 0 aromatic heterocycles. The van der Waals surface area contributed by atoms with Gasteiger partial charge in [0.25, 0.3) is 0 Å². The lowest BCUT2D eigenvalue weighted by molar-refractivity contribution is 0.258. The zero-order valence-corrected chi connectivity index (χ0v) is 12.2. The molecule has 1 heterocycles. The predicted molar refractivity (Wildman–Crippen MR) is 76.5 cm³/mol. The summed E-state index contributed by atoms with van der Waals surface area (Å²) in [6.07, 6.45) is 2.18. The van der Waals surface area contributed by atoms with Crippen molar-refractivity contribution >= 4 is 0 Å². The van der Waals surface area contributed by atoms with Crippen LogP contribution in [0.5, 0.6) is 0 Å². The van der Waals surface area contributed by atoms with Crippen molar-refractivity contribution < 1.29 is 0 Å². The van der Waals surface area contributed by atoms with E-state index in [4.69, 9.17) is 0 Å². The van der Waals surface area contributed by atoms with E-state index in [1.165, 1.54) is 11.3 Å². The van der Waals surface area contributed by atoms with Gasteiger partial charge < -0.3 is 4.90 Å². The Morgan fingerprint density at radius 3 is 1.75 bits per heavy atom. The molecular formula is C15H29N. The van der Waals surface area contributed by atoms with Gasteiger partial charge >= 0.3 is 0 Å². The molecule has 0 radical (unpaired) electrons. The highest BCUT2D eigenvalue weighted by Gasteiger charge is 2.41. The van der Waals surface area contributed by atoms with E-state index in [-0.39, 0.29) is 5.41 Å². The first-order chi connectivity index (χ1) is 7.42. The van der Waals surface area contributed by atoms with Crippen molar-refractivity contribution in [1.29, 1.82) is 0 Å². The third kappa shape index (κ3) is 3.01. The van der Waals surface area contributed by atoms with Gasteiger partial charge in [-0.2, -0.15) is 0 Å². The standard InChI is InChI=1S/C11H19N.C2H6.C2H4/c1-7-10-8(2)12(6)9(3)11(10,4)5;2*1-2/h7,9H,2H2,1,3-6H3;1-2H3;1-2H2/b10-7+;;. The van der Waals surface area contributed by atoms with E-state index in [0.29, 0.717) is 6.04 Å². The van der Waals surface area contributed by atoms with Crippen molar-refractivity contribution in [2.45, 2.75) is 47.6 Å². The van der Waals surface area contributed by atoms with Crippen LogP contribution in [0.2, 0.25) is 0 Å². The zero-order chi connectivity index (χ0) is 13.5. The summed E-state index contributed by atoms with van der Waals surface area (Å²) >= 11 is 0. The maximum atomic E-state index is 4.09. The molecule has 0 aromatic carbocycles. The van der Waals surface area contributed by atoms with Gasteiger partial charge in [-0.1, -0.05) is 40.3 Å². The highest BCUT2D eigenvalue weighted by molar-refractivity contribution is 5.39. The molecule has 1 heteroatoms. The van der Waals surface area contributed by atoms with Crippen molar-refractivity contribution in [3.63, 3.8) is 0 Å². The number of rotatable bonds is 0. The molecule has 0 bridgehead atoms. The monoisotopic (exact) mass is 223 g/mol. The van der Waals surface area contributed by atoms with Crippen molar-refractivity contribution in [1.82, 2.24) is 4.90 Å². The number of nitrogens with zero attached hydrogens (tertiary/aromatic N) is 1. The largest absolute Gasteiger partial charge is 0.371 e. The third-order valence-electron chi connectivity index (χ3n) is 3.34. The molecule has 0 amide bonds. The van der Waals surface area contributed by atoms with Crippen LogP contribution in [0.1, 0.15) is 41.5 Å². The van der Waals surface area contributed by atoms with Gasteiger partial charge in [0.15, 0.2) is 0 Å². The van der Waals surface area contributed by atoms with E-state index < -0.39 is 0 Å². The van der Waals surface area contributed by atoms with E-state index in [1.807, 2.05) is 13.8 Å². The summed E-state index contributed by atoms with van der Waals surface area (Å²) in [5.74, 6) is 0. The summed E-state index contributed by atoms with van der Waals surface area (Å²) in [6, 6.07) is 0.552. The molecule has 1 aliphatic heterocycles. The summed E-state index contributed by atoms with van der Waals surface area (Å²) in [6.45, 7) is 23.0. The summed E-state index contributed by atoms with van der Waals surface area (Å²) in [7, 11) is 2.12. The van der Waals surface area contributed by atoms with E-state index >= 15 is 0 Å². The molecule has 94 valence electrons. The highest BCUT2D eigenvalue weighted by atomic mass is 15.2. The van der Waals surface area contributed by atoms with Crippen LogP contribution in [0.3, 0.4) is 0 Å². The van der Waals surface area contributed by atoms with Crippen LogP contribution in [0, 0.1) is 5.41 Å². The minimum atomic E-state index is 0.251. The van der Waals surface area contributed by atoms with Gasteiger partial charge in [-0.25, -0.2) is 0 Å². The first kappa shape index (κ1) is 17.4. The molecule has 1 fully saturated rings. The second-order valence-corrected chi connectivity index (χ2v) is 4.16. The molecule has 1 nitrogen and oxygen atoms in total. The van der Waals surface area contributed by atoms with Crippen LogP contribution in [-0.4, -0.2) is 18.0 Å². The van der Waals surface area contributed by atoms with E-state index in [0.717, 1.165) is 0 Å². The zero-order valence-electron chi connectivity index (χ0n) is 12.2. The van der Waals surface area contributed by atoms with Crippen LogP contribution in [0.15, 0.2) is 37.1 Å². The fourth-order valence-corrected chi connectivity index (χ4v) is 2.04. The number of likely N-dealkylation sites (tertiary alicyclic amines) is 1. The summed E-state index contributed by atoms with van der Waals surface area (Å²) in [5.41, 5.74) is 2.81. The van der Waals surface area contributed by atoms with Gasteiger partial charge in [0.1, 0.15) is 0 Å². The quantitative estimate of drug-likeness (QED) is 0.541. The maximum absolute atomic E-state index is 4.09. The molecule has 0 spiro atoms. The lowest BCUT2D eigenvalue weighted by atomic mass is 9.81. The van der Waals surface area contributed by atoms with Crippen molar-refractivity contribution in [2.75, 3.05) is 7.05 Å². The molecule has 1 unspecified atom stereocenters. The highest BCUT2D eigenvalue weighted by Crippen LogP contribution is 2.44. The third-order valence-corrected chi connectivity index (χ3v) is 3.34. The van der Waals surface area contributed by atoms with Crippen molar-refractivity contribution in [3.05, 3.63) is 37.1 Å². The first-order valence-corrected chi connectivity index (χ1v) is 6.01. The second-order valence-electron chi connectivity index (χ2n) is 4.16. The average molecular weight is 223 g/mol. The van der Waals surface area contributed by atoms with Gasteiger partial charge in [-0.15, -0.1) is 13.2 Å². The van der Waals surface area contributed by atoms with Gasteiger partial charge in [0.2, 0.25) is 0 Å². The molecule has 0 saturated carbocycles. The minimum Gasteiger partial charge on any atom is -0.371 e. The Morgan fingerprint density at radius 1 is 1.25 bits per heavy atom. The van der Waals surface area contributed by atoms with Gasteiger partial charge in [-0.05, 0) is 19.4 Å². The average Bonchev–Trinajstić information content (AvgIpc) is 2.45. The lowest BCUT2D eigenvalue weighted by Crippen LogP contribution is -2.30. The molecule has 1 atom stereocenters. The van der Waals surface area contributed by atoms with Crippen LogP contribution in [0.4, 0.5) is 0 Å². The van der Waals surface area contributed by atoms with Crippen LogP contribution in [-0.2, 0) is 0 Å². The minimum absolute atomic E-state index is 0.251. The molecule has 0 aliphatic carbocycles. The lowest BCUT2D eigenvalue weighted by Gasteiger charge is -2.27. The Morgan fingerprint density at radius 2 is 1.62 bits per heavy atom. The first-order valence-electron chi connectivity index (χ1n) is 6.01. The molecular weight excluding hydrogens is 194 g/mol. The van der Waals surface area contributed by atoms with Crippen molar-refractivity contribution in [2.24, 2.45) is 5.41 Å². The Hall–Kier alpha value is -0.980. The van der Waals surface area contributed by atoms with Crippen LogP contribution in [0.25, 0.3) is 0 Å². The molecule has 1 saturated heterocycles. The Kier molecular flexibility index (Phi) is 7.97.